The molecule has 1 aliphatic heterocycles. The first-order valence-electron chi connectivity index (χ1n) is 3.16. The summed E-state index contributed by atoms with van der Waals surface area (Å²) >= 11 is 3.50. The average molecular weight is 177 g/mol. The molecule has 1 rings (SSSR count). The smallest absolute Gasteiger partial charge is 0.245 e. The molecule has 0 aromatic heterocycles. The van der Waals surface area contributed by atoms with Crippen LogP contribution in [0.5, 0.6) is 0 Å². The summed E-state index contributed by atoms with van der Waals surface area (Å²) in [5.74, 6) is 2.48. The molecule has 58 valence electrons. The van der Waals surface area contributed by atoms with E-state index >= 15 is 0 Å². The van der Waals surface area contributed by atoms with Crippen molar-refractivity contribution in [2.45, 2.75) is 4.58 Å². The summed E-state index contributed by atoms with van der Waals surface area (Å²) in [5, 5.41) is 0. The highest BCUT2D eigenvalue weighted by molar-refractivity contribution is 8.21. The van der Waals surface area contributed by atoms with Gasteiger partial charge in [-0.2, -0.15) is 0 Å². The SMILES string of the molecule is CN(C)C(=O)C1SCCS1. The van der Waals surface area contributed by atoms with Crippen LogP contribution in [0.4, 0.5) is 0 Å². The number of hydrogen-bond donors (Lipinski definition) is 0. The minimum absolute atomic E-state index is 0.176. The molecule has 1 amide bonds. The Morgan fingerprint density at radius 1 is 1.40 bits per heavy atom. The highest BCUT2D eigenvalue weighted by Crippen LogP contribution is 2.32. The summed E-state index contributed by atoms with van der Waals surface area (Å²) in [5.41, 5.74) is 0. The first-order chi connectivity index (χ1) is 4.72. The van der Waals surface area contributed by atoms with Crippen molar-refractivity contribution >= 4 is 29.4 Å². The minimum atomic E-state index is 0.176. The van der Waals surface area contributed by atoms with E-state index in [0.29, 0.717) is 0 Å². The van der Waals surface area contributed by atoms with Gasteiger partial charge in [-0.15, -0.1) is 23.5 Å². The molecule has 0 saturated carbocycles. The van der Waals surface area contributed by atoms with E-state index < -0.39 is 0 Å². The summed E-state index contributed by atoms with van der Waals surface area (Å²) < 4.78 is 0.176. The van der Waals surface area contributed by atoms with Gasteiger partial charge >= 0.3 is 0 Å². The maximum atomic E-state index is 11.2. The van der Waals surface area contributed by atoms with Gasteiger partial charge in [0.2, 0.25) is 5.91 Å². The molecule has 1 saturated heterocycles. The molecule has 0 radical (unpaired) electrons. The van der Waals surface area contributed by atoms with E-state index in [2.05, 4.69) is 0 Å². The van der Waals surface area contributed by atoms with E-state index in [1.165, 1.54) is 0 Å². The monoisotopic (exact) mass is 177 g/mol. The molecule has 1 heterocycles. The Morgan fingerprint density at radius 2 is 1.90 bits per heavy atom. The van der Waals surface area contributed by atoms with Crippen LogP contribution >= 0.6 is 23.5 Å². The Bertz CT molecular complexity index is 132. The lowest BCUT2D eigenvalue weighted by Crippen LogP contribution is -2.28. The van der Waals surface area contributed by atoms with Crippen molar-refractivity contribution in [3.8, 4) is 0 Å². The van der Waals surface area contributed by atoms with Gasteiger partial charge in [-0.25, -0.2) is 0 Å². The summed E-state index contributed by atoms with van der Waals surface area (Å²) in [6.07, 6.45) is 0. The first kappa shape index (κ1) is 8.27. The first-order valence-corrected chi connectivity index (χ1v) is 5.26. The van der Waals surface area contributed by atoms with Crippen LogP contribution in [-0.4, -0.2) is 41.0 Å². The third-order valence-corrected chi connectivity index (χ3v) is 4.23. The Morgan fingerprint density at radius 3 is 2.30 bits per heavy atom. The average Bonchev–Trinajstić information content (AvgIpc) is 2.36. The zero-order valence-corrected chi connectivity index (χ0v) is 7.80. The van der Waals surface area contributed by atoms with Crippen molar-refractivity contribution in [3.05, 3.63) is 0 Å². The summed E-state index contributed by atoms with van der Waals surface area (Å²) in [4.78, 5) is 12.9. The number of rotatable bonds is 1. The van der Waals surface area contributed by atoms with E-state index in [0.717, 1.165) is 11.5 Å². The van der Waals surface area contributed by atoms with Gasteiger partial charge in [0, 0.05) is 25.6 Å². The second-order valence-corrected chi connectivity index (χ2v) is 5.03. The van der Waals surface area contributed by atoms with Crippen LogP contribution in [0, 0.1) is 0 Å². The lowest BCUT2D eigenvalue weighted by molar-refractivity contribution is -0.126. The number of thioether (sulfide) groups is 2. The second-order valence-electron chi connectivity index (χ2n) is 2.31. The third kappa shape index (κ3) is 1.83. The second kappa shape index (κ2) is 3.53. The zero-order valence-electron chi connectivity index (χ0n) is 6.16. The molecule has 0 atom stereocenters. The van der Waals surface area contributed by atoms with Crippen molar-refractivity contribution in [1.29, 1.82) is 0 Å². The van der Waals surface area contributed by atoms with Crippen molar-refractivity contribution < 1.29 is 4.79 Å². The van der Waals surface area contributed by atoms with Crippen LogP contribution in [0.15, 0.2) is 0 Å². The normalized spacial score (nSPS) is 19.4. The number of carbonyl (C=O) groups excluding carboxylic acids is 1. The maximum Gasteiger partial charge on any atom is 0.245 e. The Hall–Kier alpha value is 0.170. The predicted molar refractivity (Wildman–Crippen MR) is 47.4 cm³/mol. The molecule has 0 N–H and O–H groups in total. The van der Waals surface area contributed by atoms with Crippen LogP contribution < -0.4 is 0 Å². The van der Waals surface area contributed by atoms with Gasteiger partial charge in [-0.05, 0) is 0 Å². The quantitative estimate of drug-likeness (QED) is 0.593. The van der Waals surface area contributed by atoms with E-state index in [-0.39, 0.29) is 10.5 Å². The highest BCUT2D eigenvalue weighted by atomic mass is 32.2. The number of nitrogens with zero attached hydrogens (tertiary/aromatic N) is 1. The fourth-order valence-electron chi connectivity index (χ4n) is 0.712. The standard InChI is InChI=1S/C6H11NOS2/c1-7(2)5(8)6-9-3-4-10-6/h6H,3-4H2,1-2H3. The topological polar surface area (TPSA) is 20.3 Å². The Balaban J connectivity index is 2.40. The van der Waals surface area contributed by atoms with Gasteiger partial charge in [0.25, 0.3) is 0 Å². The van der Waals surface area contributed by atoms with Crippen LogP contribution in [0.1, 0.15) is 0 Å². The van der Waals surface area contributed by atoms with Gasteiger partial charge in [-0.1, -0.05) is 0 Å². The van der Waals surface area contributed by atoms with Crippen molar-refractivity contribution in [1.82, 2.24) is 4.90 Å². The van der Waals surface area contributed by atoms with Crippen molar-refractivity contribution in [3.63, 3.8) is 0 Å². The largest absolute Gasteiger partial charge is 0.347 e. The predicted octanol–water partition coefficient (Wildman–Crippen LogP) is 0.881. The van der Waals surface area contributed by atoms with Gasteiger partial charge in [0.1, 0.15) is 4.58 Å². The Kier molecular flexibility index (Phi) is 2.92. The van der Waals surface area contributed by atoms with Gasteiger partial charge in [0.05, 0.1) is 0 Å². The molecule has 0 unspecified atom stereocenters. The van der Waals surface area contributed by atoms with Gasteiger partial charge < -0.3 is 4.90 Å². The summed E-state index contributed by atoms with van der Waals surface area (Å²) in [6, 6.07) is 0. The maximum absolute atomic E-state index is 11.2. The zero-order chi connectivity index (χ0) is 7.56. The molecule has 0 bridgehead atoms. The molecule has 10 heavy (non-hydrogen) atoms. The van der Waals surface area contributed by atoms with E-state index in [1.807, 2.05) is 14.1 Å². The molecule has 0 aromatic rings. The summed E-state index contributed by atoms with van der Waals surface area (Å²) in [6.45, 7) is 0. The number of amides is 1. The molecular formula is C6H11NOS2. The van der Waals surface area contributed by atoms with Crippen molar-refractivity contribution in [2.75, 3.05) is 25.6 Å². The lowest BCUT2D eigenvalue weighted by Gasteiger charge is -2.13. The van der Waals surface area contributed by atoms with Crippen LogP contribution in [0.25, 0.3) is 0 Å². The molecule has 0 spiro atoms. The molecule has 4 heteroatoms. The van der Waals surface area contributed by atoms with Crippen LogP contribution in [0.3, 0.4) is 0 Å². The molecule has 2 nitrogen and oxygen atoms in total. The highest BCUT2D eigenvalue weighted by Gasteiger charge is 2.24. The van der Waals surface area contributed by atoms with E-state index in [1.54, 1.807) is 28.4 Å². The molecule has 1 aliphatic rings. The van der Waals surface area contributed by atoms with Gasteiger partial charge in [0.15, 0.2) is 0 Å². The molecule has 1 fully saturated rings. The third-order valence-electron chi connectivity index (χ3n) is 1.26. The lowest BCUT2D eigenvalue weighted by atomic mass is 10.6. The number of hydrogen-bond acceptors (Lipinski definition) is 3. The van der Waals surface area contributed by atoms with Crippen LogP contribution in [-0.2, 0) is 4.79 Å². The van der Waals surface area contributed by atoms with E-state index in [9.17, 15) is 4.79 Å². The minimum Gasteiger partial charge on any atom is -0.347 e. The van der Waals surface area contributed by atoms with Crippen LogP contribution in [0.2, 0.25) is 0 Å². The van der Waals surface area contributed by atoms with E-state index in [4.69, 9.17) is 0 Å². The molecular weight excluding hydrogens is 166 g/mol. The molecule has 0 aromatic carbocycles. The fraction of sp³-hybridized carbons (Fsp3) is 0.833. The van der Waals surface area contributed by atoms with Gasteiger partial charge in [-0.3, -0.25) is 4.79 Å². The van der Waals surface area contributed by atoms with Crippen molar-refractivity contribution in [2.24, 2.45) is 0 Å². The fourth-order valence-corrected chi connectivity index (χ4v) is 3.58. The summed E-state index contributed by atoms with van der Waals surface area (Å²) in [7, 11) is 3.61. The number of carbonyl (C=O) groups is 1. The molecule has 0 aliphatic carbocycles. The Labute approximate surface area is 69.7 Å².